The highest BCUT2D eigenvalue weighted by atomic mass is 35.5. The minimum absolute atomic E-state index is 0.146. The van der Waals surface area contributed by atoms with Crippen molar-refractivity contribution in [2.24, 2.45) is 5.92 Å². The third-order valence-electron chi connectivity index (χ3n) is 5.86. The van der Waals surface area contributed by atoms with Crippen molar-refractivity contribution in [1.29, 1.82) is 0 Å². The summed E-state index contributed by atoms with van der Waals surface area (Å²) in [5, 5.41) is 3.47. The summed E-state index contributed by atoms with van der Waals surface area (Å²) in [5.74, 6) is -0.186. The van der Waals surface area contributed by atoms with Gasteiger partial charge in [-0.05, 0) is 53.6 Å². The molecule has 0 spiro atoms. The molecular weight excluding hydrogens is 498 g/mol. The Morgan fingerprint density at radius 2 is 1.56 bits per heavy atom. The fourth-order valence-electron chi connectivity index (χ4n) is 3.77. The SMILES string of the molecule is CCC(C(=O)NCC(C)C)N(Cc1ccc(Cl)cc1)C(=O)CN(c1ccc(C(C)C)cc1)S(C)(=O)=O. The normalized spacial score (nSPS) is 12.5. The molecule has 2 amide bonds. The number of anilines is 1. The van der Waals surface area contributed by atoms with Crippen LogP contribution in [-0.2, 0) is 26.2 Å². The number of amides is 2. The maximum atomic E-state index is 13.7. The number of nitrogens with zero attached hydrogens (tertiary/aromatic N) is 2. The monoisotopic (exact) mass is 535 g/mol. The van der Waals surface area contributed by atoms with Crippen LogP contribution in [0, 0.1) is 5.92 Å². The first kappa shape index (κ1) is 29.6. The molecule has 0 aromatic heterocycles. The molecule has 0 saturated carbocycles. The molecule has 1 atom stereocenters. The molecule has 0 fully saturated rings. The van der Waals surface area contributed by atoms with Crippen molar-refractivity contribution in [1.82, 2.24) is 10.2 Å². The zero-order valence-electron chi connectivity index (χ0n) is 22.0. The van der Waals surface area contributed by atoms with Gasteiger partial charge in [-0.15, -0.1) is 0 Å². The zero-order chi connectivity index (χ0) is 27.0. The summed E-state index contributed by atoms with van der Waals surface area (Å²) >= 11 is 6.02. The Kier molecular flexibility index (Phi) is 10.8. The highest BCUT2D eigenvalue weighted by molar-refractivity contribution is 7.92. The van der Waals surface area contributed by atoms with Gasteiger partial charge in [-0.25, -0.2) is 8.42 Å². The molecule has 0 aliphatic rings. The van der Waals surface area contributed by atoms with Crippen molar-refractivity contribution in [2.45, 2.75) is 59.5 Å². The molecule has 2 aromatic rings. The van der Waals surface area contributed by atoms with Gasteiger partial charge in [-0.1, -0.05) is 70.5 Å². The van der Waals surface area contributed by atoms with Crippen molar-refractivity contribution < 1.29 is 18.0 Å². The van der Waals surface area contributed by atoms with E-state index in [1.54, 1.807) is 36.4 Å². The van der Waals surface area contributed by atoms with E-state index in [1.807, 2.05) is 32.9 Å². The molecule has 9 heteroatoms. The van der Waals surface area contributed by atoms with Gasteiger partial charge in [0.2, 0.25) is 21.8 Å². The van der Waals surface area contributed by atoms with Gasteiger partial charge in [0.1, 0.15) is 12.6 Å². The van der Waals surface area contributed by atoms with E-state index in [1.165, 1.54) is 4.90 Å². The third kappa shape index (κ3) is 8.52. The van der Waals surface area contributed by atoms with E-state index in [-0.39, 0.29) is 24.3 Å². The van der Waals surface area contributed by atoms with Crippen molar-refractivity contribution >= 4 is 39.1 Å². The van der Waals surface area contributed by atoms with Gasteiger partial charge >= 0.3 is 0 Å². The molecule has 1 unspecified atom stereocenters. The molecule has 198 valence electrons. The summed E-state index contributed by atoms with van der Waals surface area (Å²) in [4.78, 5) is 28.2. The smallest absolute Gasteiger partial charge is 0.244 e. The first-order chi connectivity index (χ1) is 16.8. The number of carbonyl (C=O) groups is 2. The number of hydrogen-bond donors (Lipinski definition) is 1. The number of rotatable bonds is 12. The minimum Gasteiger partial charge on any atom is -0.354 e. The first-order valence-electron chi connectivity index (χ1n) is 12.2. The van der Waals surface area contributed by atoms with Gasteiger partial charge in [-0.2, -0.15) is 0 Å². The van der Waals surface area contributed by atoms with Crippen LogP contribution in [0.4, 0.5) is 5.69 Å². The number of sulfonamides is 1. The molecule has 0 saturated heterocycles. The van der Waals surface area contributed by atoms with Gasteiger partial charge in [0.05, 0.1) is 11.9 Å². The van der Waals surface area contributed by atoms with Crippen molar-refractivity contribution in [3.63, 3.8) is 0 Å². The summed E-state index contributed by atoms with van der Waals surface area (Å²) in [6.07, 6.45) is 1.46. The van der Waals surface area contributed by atoms with Crippen molar-refractivity contribution in [2.75, 3.05) is 23.7 Å². The van der Waals surface area contributed by atoms with Crippen LogP contribution in [0.2, 0.25) is 5.02 Å². The second kappa shape index (κ2) is 13.1. The van der Waals surface area contributed by atoms with Crippen molar-refractivity contribution in [3.8, 4) is 0 Å². The predicted octanol–water partition coefficient (Wildman–Crippen LogP) is 4.81. The Bertz CT molecular complexity index is 1120. The van der Waals surface area contributed by atoms with Crippen LogP contribution in [0.5, 0.6) is 0 Å². The molecule has 0 aliphatic carbocycles. The summed E-state index contributed by atoms with van der Waals surface area (Å²) in [6, 6.07) is 13.4. The lowest BCUT2D eigenvalue weighted by Gasteiger charge is -2.33. The molecule has 2 rings (SSSR count). The van der Waals surface area contributed by atoms with E-state index in [0.717, 1.165) is 21.7 Å². The van der Waals surface area contributed by atoms with Crippen LogP contribution in [0.25, 0.3) is 0 Å². The molecule has 1 N–H and O–H groups in total. The van der Waals surface area contributed by atoms with E-state index in [2.05, 4.69) is 19.2 Å². The molecule has 0 heterocycles. The van der Waals surface area contributed by atoms with Crippen LogP contribution in [0.15, 0.2) is 48.5 Å². The number of hydrogen-bond acceptors (Lipinski definition) is 4. The third-order valence-corrected chi connectivity index (χ3v) is 7.26. The molecule has 7 nitrogen and oxygen atoms in total. The number of carbonyl (C=O) groups excluding carboxylic acids is 2. The Morgan fingerprint density at radius 1 is 0.972 bits per heavy atom. The van der Waals surface area contributed by atoms with Crippen LogP contribution >= 0.6 is 11.6 Å². The van der Waals surface area contributed by atoms with Crippen LogP contribution < -0.4 is 9.62 Å². The summed E-state index contributed by atoms with van der Waals surface area (Å²) in [5.41, 5.74) is 2.25. The van der Waals surface area contributed by atoms with Gasteiger partial charge < -0.3 is 10.2 Å². The lowest BCUT2D eigenvalue weighted by atomic mass is 10.0. The Labute approximate surface area is 220 Å². The molecule has 36 heavy (non-hydrogen) atoms. The minimum atomic E-state index is -3.76. The highest BCUT2D eigenvalue weighted by Crippen LogP contribution is 2.23. The lowest BCUT2D eigenvalue weighted by molar-refractivity contribution is -0.140. The standard InChI is InChI=1S/C27H38ClN3O4S/c1-7-25(27(33)29-16-19(2)3)30(17-21-8-12-23(28)13-9-21)26(32)18-31(36(6,34)35)24-14-10-22(11-15-24)20(4)5/h8-15,19-20,25H,7,16-18H2,1-6H3,(H,29,33). The number of nitrogens with one attached hydrogen (secondary N) is 1. The Balaban J connectivity index is 2.41. The second-order valence-corrected chi connectivity index (χ2v) is 12.1. The zero-order valence-corrected chi connectivity index (χ0v) is 23.6. The summed E-state index contributed by atoms with van der Waals surface area (Å²) in [6.45, 7) is 10.1. The topological polar surface area (TPSA) is 86.8 Å². The highest BCUT2D eigenvalue weighted by Gasteiger charge is 2.31. The maximum absolute atomic E-state index is 13.7. The maximum Gasteiger partial charge on any atom is 0.244 e. The van der Waals surface area contributed by atoms with E-state index in [4.69, 9.17) is 11.6 Å². The molecule has 0 radical (unpaired) electrons. The van der Waals surface area contributed by atoms with Gasteiger partial charge in [-0.3, -0.25) is 13.9 Å². The first-order valence-corrected chi connectivity index (χ1v) is 14.4. The fraction of sp³-hybridized carbons (Fsp3) is 0.481. The molecule has 2 aromatic carbocycles. The quantitative estimate of drug-likeness (QED) is 0.422. The summed E-state index contributed by atoms with van der Waals surface area (Å²) < 4.78 is 26.5. The predicted molar refractivity (Wildman–Crippen MR) is 147 cm³/mol. The van der Waals surface area contributed by atoms with Crippen LogP contribution in [0.1, 0.15) is 58.1 Å². The molecule has 0 bridgehead atoms. The largest absolute Gasteiger partial charge is 0.354 e. The van der Waals surface area contributed by atoms with Crippen LogP contribution in [-0.4, -0.2) is 50.5 Å². The second-order valence-electron chi connectivity index (χ2n) is 9.73. The lowest BCUT2D eigenvalue weighted by Crippen LogP contribution is -2.52. The van der Waals surface area contributed by atoms with Gasteiger partial charge in [0, 0.05) is 18.1 Å². The molecular formula is C27H38ClN3O4S. The Hall–Kier alpha value is -2.58. The van der Waals surface area contributed by atoms with E-state index < -0.39 is 28.5 Å². The van der Waals surface area contributed by atoms with Gasteiger partial charge in [0.25, 0.3) is 0 Å². The van der Waals surface area contributed by atoms with Gasteiger partial charge in [0.15, 0.2) is 0 Å². The summed E-state index contributed by atoms with van der Waals surface area (Å²) in [7, 11) is -3.76. The van der Waals surface area contributed by atoms with Crippen LogP contribution in [0.3, 0.4) is 0 Å². The Morgan fingerprint density at radius 3 is 2.03 bits per heavy atom. The van der Waals surface area contributed by atoms with Crippen molar-refractivity contribution in [3.05, 3.63) is 64.7 Å². The van der Waals surface area contributed by atoms with E-state index >= 15 is 0 Å². The number of benzene rings is 2. The average Bonchev–Trinajstić information content (AvgIpc) is 2.81. The number of halogens is 1. The molecule has 0 aliphatic heterocycles. The average molecular weight is 536 g/mol. The van der Waals surface area contributed by atoms with E-state index in [9.17, 15) is 18.0 Å². The van der Waals surface area contributed by atoms with E-state index in [0.29, 0.717) is 23.7 Å². The fourth-order valence-corrected chi connectivity index (χ4v) is 4.74.